The summed E-state index contributed by atoms with van der Waals surface area (Å²) in [6, 6.07) is 7.73. The minimum absolute atomic E-state index is 0.0651. The van der Waals surface area contributed by atoms with Crippen molar-refractivity contribution in [3.8, 4) is 11.5 Å². The van der Waals surface area contributed by atoms with E-state index in [9.17, 15) is 4.79 Å². The predicted octanol–water partition coefficient (Wildman–Crippen LogP) is 1.82. The summed E-state index contributed by atoms with van der Waals surface area (Å²) >= 11 is 0. The van der Waals surface area contributed by atoms with Crippen LogP contribution in [0.2, 0.25) is 0 Å². The Morgan fingerprint density at radius 2 is 2.08 bits per heavy atom. The first-order chi connectivity index (χ1) is 11.5. The number of benzene rings is 1. The summed E-state index contributed by atoms with van der Waals surface area (Å²) < 4.78 is 12.8. The van der Waals surface area contributed by atoms with E-state index in [1.165, 1.54) is 0 Å². The first-order valence-corrected chi connectivity index (χ1v) is 7.92. The van der Waals surface area contributed by atoms with Crippen molar-refractivity contribution in [2.75, 3.05) is 32.1 Å². The SMILES string of the molecule is CC(c1ccc2c(c1)OCCO2)N(C)CC(=O)Nc1ccn(C)n1. The Hall–Kier alpha value is -2.54. The van der Waals surface area contributed by atoms with Gasteiger partial charge in [-0.15, -0.1) is 0 Å². The fraction of sp³-hybridized carbons (Fsp3) is 0.412. The molecule has 0 bridgehead atoms. The van der Waals surface area contributed by atoms with E-state index in [0.717, 1.165) is 17.1 Å². The average Bonchev–Trinajstić information content (AvgIpc) is 2.98. The first-order valence-electron chi connectivity index (χ1n) is 7.92. The van der Waals surface area contributed by atoms with Crippen molar-refractivity contribution in [1.82, 2.24) is 14.7 Å². The summed E-state index contributed by atoms with van der Waals surface area (Å²) in [5.74, 6) is 1.99. The molecule has 0 spiro atoms. The van der Waals surface area contributed by atoms with Crippen molar-refractivity contribution < 1.29 is 14.3 Å². The lowest BCUT2D eigenvalue weighted by atomic mass is 10.1. The van der Waals surface area contributed by atoms with Crippen molar-refractivity contribution in [3.63, 3.8) is 0 Å². The van der Waals surface area contributed by atoms with E-state index in [1.54, 1.807) is 16.9 Å². The number of rotatable bonds is 5. The number of carbonyl (C=O) groups is 1. The molecule has 0 aliphatic carbocycles. The van der Waals surface area contributed by atoms with Gasteiger partial charge in [-0.3, -0.25) is 14.4 Å². The number of carbonyl (C=O) groups excluding carboxylic acids is 1. The maximum Gasteiger partial charge on any atom is 0.239 e. The van der Waals surface area contributed by atoms with Gasteiger partial charge in [0, 0.05) is 25.4 Å². The van der Waals surface area contributed by atoms with E-state index in [2.05, 4.69) is 17.3 Å². The molecule has 1 aromatic carbocycles. The molecule has 7 nitrogen and oxygen atoms in total. The number of amides is 1. The van der Waals surface area contributed by atoms with Crippen LogP contribution in [-0.2, 0) is 11.8 Å². The lowest BCUT2D eigenvalue weighted by Gasteiger charge is -2.26. The van der Waals surface area contributed by atoms with Crippen LogP contribution in [-0.4, -0.2) is 47.4 Å². The number of aryl methyl sites for hydroxylation is 1. The molecular formula is C17H22N4O3. The Kier molecular flexibility index (Phi) is 4.71. The highest BCUT2D eigenvalue weighted by atomic mass is 16.6. The second-order valence-electron chi connectivity index (χ2n) is 5.92. The zero-order chi connectivity index (χ0) is 17.1. The Morgan fingerprint density at radius 3 is 2.79 bits per heavy atom. The summed E-state index contributed by atoms with van der Waals surface area (Å²) in [7, 11) is 3.73. The number of anilines is 1. The zero-order valence-electron chi connectivity index (χ0n) is 14.2. The lowest BCUT2D eigenvalue weighted by molar-refractivity contribution is -0.117. The molecule has 1 aliphatic rings. The van der Waals surface area contributed by atoms with Crippen molar-refractivity contribution in [2.45, 2.75) is 13.0 Å². The van der Waals surface area contributed by atoms with E-state index in [4.69, 9.17) is 9.47 Å². The van der Waals surface area contributed by atoms with Crippen LogP contribution in [0.3, 0.4) is 0 Å². The van der Waals surface area contributed by atoms with Crippen molar-refractivity contribution >= 4 is 11.7 Å². The molecule has 0 radical (unpaired) electrons. The Bertz CT molecular complexity index is 728. The molecule has 24 heavy (non-hydrogen) atoms. The van der Waals surface area contributed by atoms with Gasteiger partial charge in [0.25, 0.3) is 0 Å². The molecule has 2 heterocycles. The number of ether oxygens (including phenoxy) is 2. The third-order valence-corrected chi connectivity index (χ3v) is 4.08. The Morgan fingerprint density at radius 1 is 1.33 bits per heavy atom. The van der Waals surface area contributed by atoms with Gasteiger partial charge in [-0.25, -0.2) is 0 Å². The molecule has 0 saturated heterocycles. The lowest BCUT2D eigenvalue weighted by Crippen LogP contribution is -2.32. The maximum absolute atomic E-state index is 12.2. The highest BCUT2D eigenvalue weighted by Gasteiger charge is 2.19. The van der Waals surface area contributed by atoms with Crippen molar-refractivity contribution in [3.05, 3.63) is 36.0 Å². The molecule has 3 rings (SSSR count). The fourth-order valence-electron chi connectivity index (χ4n) is 2.60. The van der Waals surface area contributed by atoms with E-state index in [-0.39, 0.29) is 18.5 Å². The fourth-order valence-corrected chi connectivity index (χ4v) is 2.60. The monoisotopic (exact) mass is 330 g/mol. The summed E-state index contributed by atoms with van der Waals surface area (Å²) in [6.07, 6.45) is 1.79. The molecular weight excluding hydrogens is 308 g/mol. The van der Waals surface area contributed by atoms with Gasteiger partial charge in [0.1, 0.15) is 13.2 Å². The van der Waals surface area contributed by atoms with Gasteiger partial charge in [-0.1, -0.05) is 6.07 Å². The number of aromatic nitrogens is 2. The molecule has 0 saturated carbocycles. The molecule has 7 heteroatoms. The molecule has 2 aromatic rings. The molecule has 1 atom stereocenters. The molecule has 1 unspecified atom stereocenters. The third-order valence-electron chi connectivity index (χ3n) is 4.08. The van der Waals surface area contributed by atoms with Gasteiger partial charge in [0.05, 0.1) is 6.54 Å². The normalized spacial score (nSPS) is 14.5. The van der Waals surface area contributed by atoms with E-state index in [0.29, 0.717) is 19.0 Å². The highest BCUT2D eigenvalue weighted by molar-refractivity contribution is 5.91. The second-order valence-corrected chi connectivity index (χ2v) is 5.92. The first kappa shape index (κ1) is 16.3. The number of hydrogen-bond acceptors (Lipinski definition) is 5. The minimum atomic E-state index is -0.0967. The number of fused-ring (bicyclic) bond motifs is 1. The van der Waals surface area contributed by atoms with Gasteiger partial charge >= 0.3 is 0 Å². The van der Waals surface area contributed by atoms with Crippen LogP contribution in [0, 0.1) is 0 Å². The quantitative estimate of drug-likeness (QED) is 0.906. The summed E-state index contributed by atoms with van der Waals surface area (Å²) in [5, 5.41) is 6.94. The number of likely N-dealkylation sites (N-methyl/N-ethyl adjacent to an activating group) is 1. The van der Waals surface area contributed by atoms with Crippen molar-refractivity contribution in [2.24, 2.45) is 7.05 Å². The third kappa shape index (κ3) is 3.68. The van der Waals surface area contributed by atoms with Crippen LogP contribution < -0.4 is 14.8 Å². The van der Waals surface area contributed by atoms with Crippen LogP contribution in [0.25, 0.3) is 0 Å². The summed E-state index contributed by atoms with van der Waals surface area (Å²) in [5.41, 5.74) is 1.08. The van der Waals surface area contributed by atoms with Gasteiger partial charge in [0.15, 0.2) is 17.3 Å². The largest absolute Gasteiger partial charge is 0.486 e. The summed E-state index contributed by atoms with van der Waals surface area (Å²) in [4.78, 5) is 14.1. The van der Waals surface area contributed by atoms with Crippen LogP contribution in [0.1, 0.15) is 18.5 Å². The Labute approximate surface area is 141 Å². The molecule has 128 valence electrons. The average molecular weight is 330 g/mol. The smallest absolute Gasteiger partial charge is 0.239 e. The van der Waals surface area contributed by atoms with E-state index in [1.807, 2.05) is 37.2 Å². The second kappa shape index (κ2) is 6.92. The van der Waals surface area contributed by atoms with Crippen molar-refractivity contribution in [1.29, 1.82) is 0 Å². The van der Waals surface area contributed by atoms with Gasteiger partial charge in [-0.05, 0) is 31.7 Å². The predicted molar refractivity (Wildman–Crippen MR) is 90.3 cm³/mol. The van der Waals surface area contributed by atoms with Crippen LogP contribution in [0.15, 0.2) is 30.5 Å². The number of nitrogens with one attached hydrogen (secondary N) is 1. The van der Waals surface area contributed by atoms with Crippen LogP contribution in [0.5, 0.6) is 11.5 Å². The minimum Gasteiger partial charge on any atom is -0.486 e. The van der Waals surface area contributed by atoms with Crippen LogP contribution >= 0.6 is 0 Å². The maximum atomic E-state index is 12.2. The van der Waals surface area contributed by atoms with E-state index >= 15 is 0 Å². The van der Waals surface area contributed by atoms with Gasteiger partial charge in [0.2, 0.25) is 5.91 Å². The van der Waals surface area contributed by atoms with E-state index < -0.39 is 0 Å². The highest BCUT2D eigenvalue weighted by Crippen LogP contribution is 2.33. The zero-order valence-corrected chi connectivity index (χ0v) is 14.2. The number of nitrogens with zero attached hydrogens (tertiary/aromatic N) is 3. The molecule has 1 amide bonds. The van der Waals surface area contributed by atoms with Gasteiger partial charge in [-0.2, -0.15) is 5.10 Å². The molecule has 1 aliphatic heterocycles. The molecule has 1 N–H and O–H groups in total. The number of hydrogen-bond donors (Lipinski definition) is 1. The summed E-state index contributed by atoms with van der Waals surface area (Å²) in [6.45, 7) is 3.47. The van der Waals surface area contributed by atoms with Crippen LogP contribution in [0.4, 0.5) is 5.82 Å². The van der Waals surface area contributed by atoms with Gasteiger partial charge < -0.3 is 14.8 Å². The molecule has 0 fully saturated rings. The Balaban J connectivity index is 1.61. The topological polar surface area (TPSA) is 68.6 Å². The molecule has 1 aromatic heterocycles. The standard InChI is InChI=1S/C17H22N4O3/c1-12(13-4-5-14-15(10-13)24-9-8-23-14)20(2)11-17(22)18-16-6-7-21(3)19-16/h4-7,10,12H,8-9,11H2,1-3H3,(H,18,19,22).